The summed E-state index contributed by atoms with van der Waals surface area (Å²) >= 11 is 12.2. The number of benzene rings is 2. The van der Waals surface area contributed by atoms with Gasteiger partial charge in [-0.1, -0.05) is 60.0 Å². The van der Waals surface area contributed by atoms with Gasteiger partial charge in [-0.15, -0.1) is 0 Å². The molecule has 2 N–H and O–H groups in total. The number of halogens is 2. The van der Waals surface area contributed by atoms with Gasteiger partial charge in [0.2, 0.25) is 0 Å². The Morgan fingerprint density at radius 1 is 1.21 bits per heavy atom. The summed E-state index contributed by atoms with van der Waals surface area (Å²) in [4.78, 5) is 13.4. The summed E-state index contributed by atoms with van der Waals surface area (Å²) in [6.45, 7) is 5.80. The van der Waals surface area contributed by atoms with E-state index in [2.05, 4.69) is 4.90 Å². The Bertz CT molecular complexity index is 968. The summed E-state index contributed by atoms with van der Waals surface area (Å²) in [6, 6.07) is 12.2. The van der Waals surface area contributed by atoms with Gasteiger partial charge in [0, 0.05) is 19.0 Å². The van der Waals surface area contributed by atoms with E-state index in [1.807, 2.05) is 50.2 Å². The van der Waals surface area contributed by atoms with E-state index in [1.54, 1.807) is 0 Å². The molecule has 1 aliphatic heterocycles. The smallest absolute Gasteiger partial charge is 0.303 e. The van der Waals surface area contributed by atoms with Crippen LogP contribution in [0, 0.1) is 6.92 Å². The summed E-state index contributed by atoms with van der Waals surface area (Å²) in [5, 5.41) is 21.0. The minimum Gasteiger partial charge on any atom is -0.481 e. The van der Waals surface area contributed by atoms with E-state index in [1.165, 1.54) is 0 Å². The first-order valence-electron chi connectivity index (χ1n) is 12.1. The quantitative estimate of drug-likeness (QED) is 0.376. The molecule has 0 unspecified atom stereocenters. The largest absolute Gasteiger partial charge is 0.481 e. The number of hydrogen-bond acceptors (Lipinski definition) is 4. The zero-order valence-electron chi connectivity index (χ0n) is 20.0. The number of aliphatic hydroxyl groups is 1. The zero-order chi connectivity index (χ0) is 24.7. The lowest BCUT2D eigenvalue weighted by Gasteiger charge is -2.28. The number of carboxylic acid groups (broad SMARTS) is 1. The normalized spacial score (nSPS) is 18.2. The molecule has 7 heteroatoms. The average molecular weight is 508 g/mol. The van der Waals surface area contributed by atoms with Crippen LogP contribution in [0.1, 0.15) is 61.0 Å². The predicted octanol–water partition coefficient (Wildman–Crippen LogP) is 5.85. The third-order valence-electron chi connectivity index (χ3n) is 6.51. The summed E-state index contributed by atoms with van der Waals surface area (Å²) in [7, 11) is 0. The molecule has 0 aromatic heterocycles. The maximum absolute atomic E-state index is 11.1. The number of nitrogens with zero attached hydrogens (tertiary/aromatic N) is 1. The molecule has 34 heavy (non-hydrogen) atoms. The number of rotatable bonds is 12. The Kier molecular flexibility index (Phi) is 10.2. The van der Waals surface area contributed by atoms with Crippen molar-refractivity contribution in [3.8, 4) is 0 Å². The number of aliphatic hydroxyl groups excluding tert-OH is 1. The van der Waals surface area contributed by atoms with Crippen molar-refractivity contribution < 1.29 is 19.7 Å². The Morgan fingerprint density at radius 3 is 2.71 bits per heavy atom. The number of hydrogen-bond donors (Lipinski definition) is 2. The lowest BCUT2D eigenvalue weighted by Crippen LogP contribution is -2.39. The van der Waals surface area contributed by atoms with Gasteiger partial charge >= 0.3 is 5.97 Å². The minimum atomic E-state index is -0.808. The van der Waals surface area contributed by atoms with Crippen molar-refractivity contribution in [3.63, 3.8) is 0 Å². The first-order chi connectivity index (χ1) is 16.3. The van der Waals surface area contributed by atoms with E-state index in [0.717, 1.165) is 54.5 Å². The second-order valence-corrected chi connectivity index (χ2v) is 10.0. The van der Waals surface area contributed by atoms with E-state index < -0.39 is 12.1 Å². The van der Waals surface area contributed by atoms with Crippen LogP contribution in [0.3, 0.4) is 0 Å². The van der Waals surface area contributed by atoms with Gasteiger partial charge in [-0.25, -0.2) is 0 Å². The molecular formula is C27H35Cl2NO4. The Morgan fingerprint density at radius 2 is 2.00 bits per heavy atom. The van der Waals surface area contributed by atoms with Crippen LogP contribution in [0.5, 0.6) is 0 Å². The van der Waals surface area contributed by atoms with E-state index >= 15 is 0 Å². The highest BCUT2D eigenvalue weighted by Crippen LogP contribution is 2.28. The maximum atomic E-state index is 11.1. The van der Waals surface area contributed by atoms with Crippen LogP contribution in [0.2, 0.25) is 10.0 Å². The number of aryl methyl sites for hydroxylation is 2. The van der Waals surface area contributed by atoms with Crippen LogP contribution < -0.4 is 0 Å². The maximum Gasteiger partial charge on any atom is 0.303 e. The summed E-state index contributed by atoms with van der Waals surface area (Å²) in [6.07, 6.45) is 3.59. The molecule has 186 valence electrons. The summed E-state index contributed by atoms with van der Waals surface area (Å²) in [5.41, 5.74) is 4.27. The minimum absolute atomic E-state index is 0.0880. The fraction of sp³-hybridized carbons (Fsp3) is 0.519. The van der Waals surface area contributed by atoms with Gasteiger partial charge in [-0.05, 0) is 74.4 Å². The highest BCUT2D eigenvalue weighted by Gasteiger charge is 2.27. The first kappa shape index (κ1) is 27.0. The summed E-state index contributed by atoms with van der Waals surface area (Å²) in [5.74, 6) is -0.808. The topological polar surface area (TPSA) is 70.0 Å². The molecule has 1 aliphatic rings. The van der Waals surface area contributed by atoms with E-state index in [0.29, 0.717) is 29.1 Å². The molecule has 0 bridgehead atoms. The monoisotopic (exact) mass is 507 g/mol. The van der Waals surface area contributed by atoms with Crippen molar-refractivity contribution >= 4 is 29.2 Å². The Hall–Kier alpha value is -1.63. The molecule has 0 spiro atoms. The van der Waals surface area contributed by atoms with Crippen LogP contribution in [-0.4, -0.2) is 52.9 Å². The van der Waals surface area contributed by atoms with Gasteiger partial charge in [0.25, 0.3) is 0 Å². The zero-order valence-corrected chi connectivity index (χ0v) is 21.5. The van der Waals surface area contributed by atoms with Crippen molar-refractivity contribution in [1.82, 2.24) is 4.90 Å². The van der Waals surface area contributed by atoms with E-state index in [4.69, 9.17) is 33.0 Å². The van der Waals surface area contributed by atoms with Gasteiger partial charge < -0.3 is 14.9 Å². The molecule has 3 atom stereocenters. The SMILES string of the molecule is CC[C@@H](OC[C@H](O)CN1CCC[C@H]1Cc1ccc(Cl)c(Cl)c1)c1ccc(C)cc1CCC(=O)O. The molecule has 2 aromatic rings. The number of ether oxygens (including phenoxy) is 1. The van der Waals surface area contributed by atoms with Crippen LogP contribution in [-0.2, 0) is 22.4 Å². The Labute approximate surface area is 212 Å². The predicted molar refractivity (Wildman–Crippen MR) is 137 cm³/mol. The van der Waals surface area contributed by atoms with Crippen molar-refractivity contribution in [1.29, 1.82) is 0 Å². The van der Waals surface area contributed by atoms with Gasteiger partial charge in [0.1, 0.15) is 0 Å². The van der Waals surface area contributed by atoms with Gasteiger partial charge in [0.05, 0.1) is 28.9 Å². The molecule has 1 saturated heterocycles. The lowest BCUT2D eigenvalue weighted by atomic mass is 9.95. The number of β-amino-alcohol motifs (C(OH)–C–C–N with tert-alkyl or cyclic N) is 1. The molecule has 0 radical (unpaired) electrons. The van der Waals surface area contributed by atoms with Gasteiger partial charge in [-0.2, -0.15) is 0 Å². The van der Waals surface area contributed by atoms with Gasteiger partial charge in [-0.3, -0.25) is 9.69 Å². The van der Waals surface area contributed by atoms with E-state index in [9.17, 15) is 9.90 Å². The fourth-order valence-electron chi connectivity index (χ4n) is 4.79. The molecule has 5 nitrogen and oxygen atoms in total. The van der Waals surface area contributed by atoms with Gasteiger partial charge in [0.15, 0.2) is 0 Å². The first-order valence-corrected chi connectivity index (χ1v) is 12.8. The fourth-order valence-corrected chi connectivity index (χ4v) is 5.11. The lowest BCUT2D eigenvalue weighted by molar-refractivity contribution is -0.136. The number of carbonyl (C=O) groups is 1. The second kappa shape index (κ2) is 12.9. The van der Waals surface area contributed by atoms with E-state index in [-0.39, 0.29) is 19.1 Å². The molecular weight excluding hydrogens is 473 g/mol. The molecule has 0 saturated carbocycles. The molecule has 1 heterocycles. The Balaban J connectivity index is 1.57. The number of likely N-dealkylation sites (tertiary alicyclic amines) is 1. The third kappa shape index (κ3) is 7.69. The van der Waals surface area contributed by atoms with Crippen LogP contribution in [0.25, 0.3) is 0 Å². The average Bonchev–Trinajstić information content (AvgIpc) is 3.22. The number of carboxylic acids is 1. The molecule has 2 aromatic carbocycles. The van der Waals surface area contributed by atoms with Crippen molar-refractivity contribution in [2.45, 2.75) is 70.6 Å². The summed E-state index contributed by atoms with van der Waals surface area (Å²) < 4.78 is 6.16. The molecule has 0 amide bonds. The van der Waals surface area contributed by atoms with Crippen molar-refractivity contribution in [3.05, 3.63) is 68.7 Å². The third-order valence-corrected chi connectivity index (χ3v) is 7.25. The number of aliphatic carboxylic acids is 1. The van der Waals surface area contributed by atoms with Crippen LogP contribution >= 0.6 is 23.2 Å². The molecule has 0 aliphatic carbocycles. The molecule has 1 fully saturated rings. The van der Waals surface area contributed by atoms with Crippen LogP contribution in [0.15, 0.2) is 36.4 Å². The standard InChI is InChI=1S/C27H35Cl2NO4/c1-3-26(23-9-6-18(2)13-20(23)8-11-27(32)33)34-17-22(31)16-30-12-4-5-21(30)14-19-7-10-24(28)25(29)15-19/h6-7,9-10,13,15,21-22,26,31H,3-5,8,11-12,14,16-17H2,1-2H3,(H,32,33)/t21-,22+,26+/m0/s1. The highest BCUT2D eigenvalue weighted by molar-refractivity contribution is 6.42. The van der Waals surface area contributed by atoms with Crippen LogP contribution in [0.4, 0.5) is 0 Å². The molecule has 3 rings (SSSR count). The second-order valence-electron chi connectivity index (χ2n) is 9.22. The highest BCUT2D eigenvalue weighted by atomic mass is 35.5. The van der Waals surface area contributed by atoms with Crippen molar-refractivity contribution in [2.75, 3.05) is 19.7 Å². The van der Waals surface area contributed by atoms with Crippen molar-refractivity contribution in [2.24, 2.45) is 0 Å².